The highest BCUT2D eigenvalue weighted by molar-refractivity contribution is 7.90. The molecule has 9 rings (SSSR count). The average molecular weight is 759 g/mol. The van der Waals surface area contributed by atoms with Crippen molar-refractivity contribution in [1.29, 1.82) is 0 Å². The number of hydrogen-bond donors (Lipinski definition) is 1. The van der Waals surface area contributed by atoms with E-state index in [0.717, 1.165) is 43.5 Å². The van der Waals surface area contributed by atoms with Gasteiger partial charge in [-0.05, 0) is 74.9 Å². The highest BCUT2D eigenvalue weighted by atomic mass is 32.2. The number of para-hydroxylation sites is 1. The molecule has 1 aromatic heterocycles. The first-order valence-corrected chi connectivity index (χ1v) is 21.2. The van der Waals surface area contributed by atoms with Crippen LogP contribution in [0.2, 0.25) is 0 Å². The largest absolute Gasteiger partial charge is 0.487 e. The summed E-state index contributed by atoms with van der Waals surface area (Å²) in [5.74, 6) is 0.592. The Hall–Kier alpha value is -4.34. The molecule has 6 fully saturated rings. The smallest absolute Gasteiger partial charge is 0.245 e. The van der Waals surface area contributed by atoms with Crippen LogP contribution in [0.25, 0.3) is 0 Å². The van der Waals surface area contributed by atoms with E-state index in [1.807, 2.05) is 53.6 Å². The third-order valence-corrected chi connectivity index (χ3v) is 13.4. The van der Waals surface area contributed by atoms with Gasteiger partial charge in [-0.15, -0.1) is 5.10 Å². The van der Waals surface area contributed by atoms with Gasteiger partial charge in [0.15, 0.2) is 9.84 Å². The van der Waals surface area contributed by atoms with E-state index in [4.69, 9.17) is 4.74 Å². The van der Waals surface area contributed by atoms with Crippen LogP contribution in [0.5, 0.6) is 5.75 Å². The maximum Gasteiger partial charge on any atom is 0.245 e. The first kappa shape index (κ1) is 36.6. The van der Waals surface area contributed by atoms with Gasteiger partial charge in [-0.25, -0.2) is 13.1 Å². The van der Waals surface area contributed by atoms with E-state index >= 15 is 0 Å². The van der Waals surface area contributed by atoms with E-state index in [9.17, 15) is 22.8 Å². The van der Waals surface area contributed by atoms with Gasteiger partial charge in [0.2, 0.25) is 17.7 Å². The van der Waals surface area contributed by atoms with Gasteiger partial charge in [0.25, 0.3) is 0 Å². The quantitative estimate of drug-likeness (QED) is 0.381. The molecule has 2 aromatic carbocycles. The number of carbonyl (C=O) groups is 3. The number of ether oxygens (including phenoxy) is 1. The lowest BCUT2D eigenvalue weighted by molar-refractivity contribution is -0.147. The van der Waals surface area contributed by atoms with Crippen molar-refractivity contribution < 1.29 is 27.5 Å². The molecule has 3 atom stereocenters. The Bertz CT molecular complexity index is 1940. The average Bonchev–Trinajstić information content (AvgIpc) is 3.95. The number of benzene rings is 2. The number of fused-ring (bicyclic) bond motifs is 4. The van der Waals surface area contributed by atoms with Crippen molar-refractivity contribution in [3.05, 3.63) is 72.1 Å². The van der Waals surface area contributed by atoms with Gasteiger partial charge in [-0.3, -0.25) is 24.2 Å². The zero-order chi connectivity index (χ0) is 37.5. The molecule has 1 N–H and O–H groups in total. The summed E-state index contributed by atoms with van der Waals surface area (Å²) >= 11 is 0. The second-order valence-electron chi connectivity index (χ2n) is 15.8. The molecule has 15 heteroatoms. The van der Waals surface area contributed by atoms with Crippen molar-refractivity contribution in [2.24, 2.45) is 0 Å². The SMILES string of the molecule is CS(=O)(=O)c1ccc(CN2CCC3(CC2)CC(=O)N2C[C@@H](n4cc(COc5ccccc5)nn4)C[C@H]2C(=O)N2CCC(CC2)N2CCC[C@H]2C(=O)N3)cc1. The number of likely N-dealkylation sites (tertiary alicyclic amines) is 1. The third kappa shape index (κ3) is 7.76. The number of sulfone groups is 1. The van der Waals surface area contributed by atoms with Crippen LogP contribution < -0.4 is 10.1 Å². The summed E-state index contributed by atoms with van der Waals surface area (Å²) < 4.78 is 31.6. The molecule has 7 heterocycles. The molecule has 6 aliphatic heterocycles. The van der Waals surface area contributed by atoms with Crippen LogP contribution in [-0.4, -0.2) is 130 Å². The van der Waals surface area contributed by atoms with Crippen LogP contribution in [0, 0.1) is 0 Å². The molecule has 54 heavy (non-hydrogen) atoms. The van der Waals surface area contributed by atoms with Gasteiger partial charge in [0, 0.05) is 58.0 Å². The number of amides is 3. The van der Waals surface area contributed by atoms with Crippen LogP contribution in [-0.2, 0) is 37.4 Å². The predicted molar refractivity (Wildman–Crippen MR) is 199 cm³/mol. The Kier molecular flexibility index (Phi) is 10.2. The number of hydrogen-bond acceptors (Lipinski definition) is 10. The Morgan fingerprint density at radius 3 is 2.35 bits per heavy atom. The van der Waals surface area contributed by atoms with Crippen molar-refractivity contribution in [3.63, 3.8) is 0 Å². The molecule has 0 aliphatic carbocycles. The van der Waals surface area contributed by atoms with Crippen LogP contribution in [0.15, 0.2) is 65.7 Å². The van der Waals surface area contributed by atoms with Gasteiger partial charge in [-0.2, -0.15) is 0 Å². The number of rotatable bonds is 7. The lowest BCUT2D eigenvalue weighted by Gasteiger charge is -2.45. The summed E-state index contributed by atoms with van der Waals surface area (Å²) in [4.78, 5) is 51.8. The summed E-state index contributed by atoms with van der Waals surface area (Å²) in [6.45, 7) is 4.61. The summed E-state index contributed by atoms with van der Waals surface area (Å²) in [5, 5.41) is 12.2. The number of piperidine rings is 2. The summed E-state index contributed by atoms with van der Waals surface area (Å²) in [6, 6.07) is 15.6. The molecule has 6 aliphatic rings. The molecule has 14 nitrogen and oxygen atoms in total. The van der Waals surface area contributed by atoms with Crippen molar-refractivity contribution in [3.8, 4) is 5.75 Å². The van der Waals surface area contributed by atoms with E-state index in [-0.39, 0.29) is 53.8 Å². The molecular formula is C39H50N8O6S. The van der Waals surface area contributed by atoms with E-state index in [1.54, 1.807) is 21.7 Å². The van der Waals surface area contributed by atoms with Gasteiger partial charge in [0.05, 0.1) is 35.1 Å². The van der Waals surface area contributed by atoms with Gasteiger partial charge in [-0.1, -0.05) is 35.5 Å². The zero-order valence-electron chi connectivity index (χ0n) is 30.9. The van der Waals surface area contributed by atoms with Crippen molar-refractivity contribution >= 4 is 27.6 Å². The maximum atomic E-state index is 14.6. The number of nitrogens with zero attached hydrogens (tertiary/aromatic N) is 7. The van der Waals surface area contributed by atoms with Crippen molar-refractivity contribution in [2.45, 2.75) is 99.1 Å². The second-order valence-corrected chi connectivity index (χ2v) is 17.8. The van der Waals surface area contributed by atoms with Crippen LogP contribution in [0.3, 0.4) is 0 Å². The first-order chi connectivity index (χ1) is 26.0. The minimum Gasteiger partial charge on any atom is -0.487 e. The van der Waals surface area contributed by atoms with E-state index in [0.29, 0.717) is 64.2 Å². The summed E-state index contributed by atoms with van der Waals surface area (Å²) in [5.41, 5.74) is 0.902. The highest BCUT2D eigenvalue weighted by Crippen LogP contribution is 2.36. The molecule has 3 amide bonds. The van der Waals surface area contributed by atoms with Crippen molar-refractivity contribution in [2.75, 3.05) is 45.5 Å². The lowest BCUT2D eigenvalue weighted by atomic mass is 9.83. The fraction of sp³-hybridized carbons (Fsp3) is 0.564. The monoisotopic (exact) mass is 758 g/mol. The Morgan fingerprint density at radius 2 is 1.63 bits per heavy atom. The summed E-state index contributed by atoms with van der Waals surface area (Å²) in [6.07, 6.45) is 8.10. The first-order valence-electron chi connectivity index (χ1n) is 19.3. The molecule has 6 saturated heterocycles. The molecule has 288 valence electrons. The molecule has 0 unspecified atom stereocenters. The number of carbonyl (C=O) groups excluding carboxylic acids is 3. The number of aromatic nitrogens is 3. The van der Waals surface area contributed by atoms with E-state index in [2.05, 4.69) is 25.4 Å². The fourth-order valence-corrected chi connectivity index (χ4v) is 9.83. The van der Waals surface area contributed by atoms with Gasteiger partial charge < -0.3 is 19.9 Å². The normalized spacial score (nSPS) is 25.8. The fourth-order valence-electron chi connectivity index (χ4n) is 9.20. The Labute approximate surface area is 316 Å². The predicted octanol–water partition coefficient (Wildman–Crippen LogP) is 2.41. The van der Waals surface area contributed by atoms with Gasteiger partial charge in [0.1, 0.15) is 24.1 Å². The van der Waals surface area contributed by atoms with Crippen molar-refractivity contribution in [1.82, 2.24) is 39.9 Å². The molecule has 3 aromatic rings. The molecule has 0 saturated carbocycles. The Morgan fingerprint density at radius 1 is 0.889 bits per heavy atom. The minimum atomic E-state index is -3.28. The minimum absolute atomic E-state index is 0.00407. The van der Waals surface area contributed by atoms with E-state index in [1.165, 1.54) is 6.26 Å². The molecule has 0 radical (unpaired) electrons. The Balaban J connectivity index is 1.02. The highest BCUT2D eigenvalue weighted by Gasteiger charge is 2.48. The third-order valence-electron chi connectivity index (χ3n) is 12.2. The molecule has 1 spiro atoms. The standard InChI is InChI=1S/C39H50N8O6S/c1-54(51,52)33-11-9-28(10-12-33)24-43-20-15-39(16-21-43)23-36(48)46-26-31(47-25-29(41-42-47)27-53-32-6-3-2-4-7-32)22-35(46)38(50)44-18-13-30(14-19-44)45-17-5-8-34(45)37(49)40-39/h2-4,6-7,9-12,25,30-31,34-35H,5,8,13-24,26-27H2,1H3,(H,40,49)/t31-,34-,35-/m0/s1. The molecule has 2 bridgehead atoms. The second kappa shape index (κ2) is 15.1. The topological polar surface area (TPSA) is 150 Å². The van der Waals surface area contributed by atoms with E-state index < -0.39 is 21.4 Å². The van der Waals surface area contributed by atoms with Crippen LogP contribution in [0.4, 0.5) is 0 Å². The lowest BCUT2D eigenvalue weighted by Crippen LogP contribution is -2.62. The maximum absolute atomic E-state index is 14.6. The zero-order valence-corrected chi connectivity index (χ0v) is 31.7. The van der Waals surface area contributed by atoms with Crippen LogP contribution in [0.1, 0.15) is 68.7 Å². The molecular weight excluding hydrogens is 709 g/mol. The summed E-state index contributed by atoms with van der Waals surface area (Å²) in [7, 11) is -3.28. The van der Waals surface area contributed by atoms with Gasteiger partial charge >= 0.3 is 0 Å². The van der Waals surface area contributed by atoms with Crippen LogP contribution >= 0.6 is 0 Å². The number of nitrogens with one attached hydrogen (secondary N) is 1.